The topological polar surface area (TPSA) is 77.6 Å². The van der Waals surface area contributed by atoms with Gasteiger partial charge in [0.05, 0.1) is 5.69 Å². The molecule has 1 N–H and O–H groups in total. The molecule has 0 atom stereocenters. The summed E-state index contributed by atoms with van der Waals surface area (Å²) in [5, 5.41) is 11.2. The quantitative estimate of drug-likeness (QED) is 0.592. The van der Waals surface area contributed by atoms with Crippen molar-refractivity contribution in [3.8, 4) is 11.5 Å². The predicted molar refractivity (Wildman–Crippen MR) is 96.1 cm³/mol. The predicted octanol–water partition coefficient (Wildman–Crippen LogP) is 2.52. The first kappa shape index (κ1) is 16.6. The summed E-state index contributed by atoms with van der Waals surface area (Å²) >= 11 is 0. The van der Waals surface area contributed by atoms with Crippen LogP contribution in [-0.2, 0) is 6.54 Å². The fourth-order valence-electron chi connectivity index (χ4n) is 2.58. The highest BCUT2D eigenvalue weighted by molar-refractivity contribution is 5.92. The summed E-state index contributed by atoms with van der Waals surface area (Å²) < 4.78 is 16.4. The first-order valence-corrected chi connectivity index (χ1v) is 8.24. The Morgan fingerprint density at radius 1 is 1.04 bits per heavy atom. The number of nitrogens with zero attached hydrogens (tertiary/aromatic N) is 5. The number of hydrogen-bond donors (Lipinski definition) is 1. The number of benzene rings is 1. The highest BCUT2D eigenvalue weighted by Gasteiger charge is 2.11. The number of carbonyl (C=O) groups excluding carboxylic acids is 1. The highest BCUT2D eigenvalue weighted by Crippen LogP contribution is 2.10. The monoisotopic (exact) mass is 362 g/mol. The van der Waals surface area contributed by atoms with E-state index in [1.807, 2.05) is 18.2 Å². The van der Waals surface area contributed by atoms with Gasteiger partial charge in [0.1, 0.15) is 5.82 Å². The number of aromatic nitrogens is 5. The zero-order valence-electron chi connectivity index (χ0n) is 14.2. The molecule has 0 saturated heterocycles. The van der Waals surface area contributed by atoms with E-state index in [-0.39, 0.29) is 17.4 Å². The second-order valence-electron chi connectivity index (χ2n) is 5.78. The van der Waals surface area contributed by atoms with E-state index in [2.05, 4.69) is 20.5 Å². The molecule has 1 aromatic carbocycles. The summed E-state index contributed by atoms with van der Waals surface area (Å²) in [7, 11) is 0. The molecule has 0 aliphatic carbocycles. The molecule has 0 fully saturated rings. The van der Waals surface area contributed by atoms with Crippen LogP contribution in [0.15, 0.2) is 73.3 Å². The lowest BCUT2D eigenvalue weighted by Crippen LogP contribution is -2.23. The van der Waals surface area contributed by atoms with Gasteiger partial charge in [0.15, 0.2) is 11.5 Å². The van der Waals surface area contributed by atoms with Gasteiger partial charge in [-0.1, -0.05) is 6.07 Å². The summed E-state index contributed by atoms with van der Waals surface area (Å²) in [4.78, 5) is 16.6. The normalized spacial score (nSPS) is 10.7. The van der Waals surface area contributed by atoms with Crippen molar-refractivity contribution in [1.29, 1.82) is 0 Å². The van der Waals surface area contributed by atoms with Crippen LogP contribution in [0.25, 0.3) is 11.5 Å². The molecule has 0 aliphatic heterocycles. The number of halogens is 1. The minimum Gasteiger partial charge on any atom is -0.347 e. The largest absolute Gasteiger partial charge is 0.347 e. The summed E-state index contributed by atoms with van der Waals surface area (Å²) in [5.74, 6) is -0.00981. The Morgan fingerprint density at radius 3 is 2.78 bits per heavy atom. The molecular formula is C19H15FN6O. The van der Waals surface area contributed by atoms with E-state index < -0.39 is 0 Å². The first-order chi connectivity index (χ1) is 13.2. The van der Waals surface area contributed by atoms with Gasteiger partial charge in [0.25, 0.3) is 5.91 Å². The molecule has 0 unspecified atom stereocenters. The number of amides is 1. The zero-order chi connectivity index (χ0) is 18.6. The van der Waals surface area contributed by atoms with Crippen LogP contribution in [0.3, 0.4) is 0 Å². The maximum atomic E-state index is 13.3. The van der Waals surface area contributed by atoms with Crippen LogP contribution in [0.4, 0.5) is 4.39 Å². The van der Waals surface area contributed by atoms with Crippen molar-refractivity contribution >= 4 is 5.91 Å². The van der Waals surface area contributed by atoms with E-state index in [1.165, 1.54) is 16.8 Å². The van der Waals surface area contributed by atoms with Gasteiger partial charge < -0.3 is 5.32 Å². The Hall–Kier alpha value is -3.81. The van der Waals surface area contributed by atoms with Crippen molar-refractivity contribution in [3.63, 3.8) is 0 Å². The molecule has 4 aromatic rings. The lowest BCUT2D eigenvalue weighted by Gasteiger charge is -2.06. The highest BCUT2D eigenvalue weighted by atomic mass is 19.1. The molecule has 0 bridgehead atoms. The summed E-state index contributed by atoms with van der Waals surface area (Å²) in [5.41, 5.74) is 1.68. The Morgan fingerprint density at radius 2 is 1.96 bits per heavy atom. The Labute approximate surface area is 154 Å². The van der Waals surface area contributed by atoms with Crippen LogP contribution >= 0.6 is 0 Å². The van der Waals surface area contributed by atoms with E-state index in [1.54, 1.807) is 47.7 Å². The lowest BCUT2D eigenvalue weighted by atomic mass is 10.2. The van der Waals surface area contributed by atoms with Gasteiger partial charge in [-0.15, -0.1) is 0 Å². The molecule has 8 heteroatoms. The maximum Gasteiger partial charge on any atom is 0.272 e. The third-order valence-corrected chi connectivity index (χ3v) is 3.90. The third-order valence-electron chi connectivity index (χ3n) is 3.90. The zero-order valence-corrected chi connectivity index (χ0v) is 14.2. The van der Waals surface area contributed by atoms with Crippen LogP contribution in [0.5, 0.6) is 0 Å². The van der Waals surface area contributed by atoms with Gasteiger partial charge in [-0.05, 0) is 48.0 Å². The average molecular weight is 362 g/mol. The van der Waals surface area contributed by atoms with E-state index in [9.17, 15) is 9.18 Å². The molecule has 4 rings (SSSR count). The van der Waals surface area contributed by atoms with E-state index in [0.29, 0.717) is 18.1 Å². The van der Waals surface area contributed by atoms with Crippen molar-refractivity contribution in [3.05, 3.63) is 90.4 Å². The molecular weight excluding hydrogens is 347 g/mol. The van der Waals surface area contributed by atoms with Crippen LogP contribution in [-0.4, -0.2) is 30.5 Å². The van der Waals surface area contributed by atoms with E-state index in [4.69, 9.17) is 0 Å². The molecule has 134 valence electrons. The second kappa shape index (κ2) is 7.20. The number of carbonyl (C=O) groups is 1. The van der Waals surface area contributed by atoms with Crippen molar-refractivity contribution in [2.75, 3.05) is 0 Å². The first-order valence-electron chi connectivity index (χ1n) is 8.24. The Balaban J connectivity index is 1.44. The van der Waals surface area contributed by atoms with Gasteiger partial charge in [-0.2, -0.15) is 10.2 Å². The molecule has 1 amide bonds. The van der Waals surface area contributed by atoms with E-state index in [0.717, 1.165) is 5.56 Å². The number of hydrogen-bond acceptors (Lipinski definition) is 4. The SMILES string of the molecule is O=C(NCc1ccnc(-n2cccn2)c1)c1ccn(-c2cccc(F)c2)n1. The van der Waals surface area contributed by atoms with Crippen LogP contribution in [0.2, 0.25) is 0 Å². The maximum absolute atomic E-state index is 13.3. The number of nitrogens with one attached hydrogen (secondary N) is 1. The van der Waals surface area contributed by atoms with Gasteiger partial charge in [0.2, 0.25) is 0 Å². The molecule has 0 saturated carbocycles. The van der Waals surface area contributed by atoms with Crippen LogP contribution in [0.1, 0.15) is 16.1 Å². The summed E-state index contributed by atoms with van der Waals surface area (Å²) in [6.07, 6.45) is 6.75. The minimum atomic E-state index is -0.361. The molecule has 27 heavy (non-hydrogen) atoms. The van der Waals surface area contributed by atoms with Crippen molar-refractivity contribution in [2.24, 2.45) is 0 Å². The summed E-state index contributed by atoms with van der Waals surface area (Å²) in [6.45, 7) is 0.322. The van der Waals surface area contributed by atoms with Crippen molar-refractivity contribution < 1.29 is 9.18 Å². The molecule has 0 aliphatic rings. The van der Waals surface area contributed by atoms with Gasteiger partial charge >= 0.3 is 0 Å². The smallest absolute Gasteiger partial charge is 0.272 e. The van der Waals surface area contributed by atoms with Crippen molar-refractivity contribution in [1.82, 2.24) is 29.9 Å². The second-order valence-corrected chi connectivity index (χ2v) is 5.78. The molecule has 0 spiro atoms. The van der Waals surface area contributed by atoms with Crippen molar-refractivity contribution in [2.45, 2.75) is 6.54 Å². The van der Waals surface area contributed by atoms with Gasteiger partial charge in [-0.25, -0.2) is 18.7 Å². The van der Waals surface area contributed by atoms with Crippen LogP contribution in [0, 0.1) is 5.82 Å². The summed E-state index contributed by atoms with van der Waals surface area (Å²) in [6, 6.07) is 13.1. The molecule has 0 radical (unpaired) electrons. The lowest BCUT2D eigenvalue weighted by molar-refractivity contribution is 0.0945. The standard InChI is InChI=1S/C19H15FN6O/c20-15-3-1-4-16(12-15)25-10-6-17(24-25)19(27)22-13-14-5-8-21-18(11-14)26-9-2-7-23-26/h1-12H,13H2,(H,22,27). The number of pyridine rings is 1. The van der Waals surface area contributed by atoms with Gasteiger partial charge in [-0.3, -0.25) is 4.79 Å². The Bertz CT molecular complexity index is 1070. The van der Waals surface area contributed by atoms with E-state index >= 15 is 0 Å². The van der Waals surface area contributed by atoms with Crippen LogP contribution < -0.4 is 5.32 Å². The third kappa shape index (κ3) is 3.74. The van der Waals surface area contributed by atoms with Gasteiger partial charge in [0, 0.05) is 31.3 Å². The fraction of sp³-hybridized carbons (Fsp3) is 0.0526. The fourth-order valence-corrected chi connectivity index (χ4v) is 2.58. The number of rotatable bonds is 5. The Kier molecular flexibility index (Phi) is 4.44. The average Bonchev–Trinajstić information content (AvgIpc) is 3.38. The minimum absolute atomic E-state index is 0.251. The molecule has 3 aromatic heterocycles. The molecule has 3 heterocycles. The molecule has 7 nitrogen and oxygen atoms in total.